The predicted octanol–water partition coefficient (Wildman–Crippen LogP) is 5.63. The van der Waals surface area contributed by atoms with Crippen molar-refractivity contribution in [2.75, 3.05) is 10.2 Å². The van der Waals surface area contributed by atoms with Crippen molar-refractivity contribution in [3.63, 3.8) is 0 Å². The van der Waals surface area contributed by atoms with Gasteiger partial charge in [0.25, 0.3) is 5.91 Å². The van der Waals surface area contributed by atoms with E-state index < -0.39 is 6.04 Å². The lowest BCUT2D eigenvalue weighted by atomic mass is 9.88. The van der Waals surface area contributed by atoms with Gasteiger partial charge in [0.15, 0.2) is 5.78 Å². The van der Waals surface area contributed by atoms with E-state index in [0.29, 0.717) is 11.3 Å². The van der Waals surface area contributed by atoms with Crippen LogP contribution in [0.15, 0.2) is 70.6 Å². The monoisotopic (exact) mass is 406 g/mol. The van der Waals surface area contributed by atoms with Crippen molar-refractivity contribution in [1.82, 2.24) is 0 Å². The number of allylic oxidation sites excluding steroid dienone is 1. The molecule has 6 heteroatoms. The Morgan fingerprint density at radius 3 is 2.61 bits per heavy atom. The Morgan fingerprint density at radius 2 is 1.82 bits per heavy atom. The molecular weight excluding hydrogens is 388 g/mol. The molecule has 0 spiro atoms. The Hall–Kier alpha value is -2.70. The predicted molar refractivity (Wildman–Crippen MR) is 114 cm³/mol. The van der Waals surface area contributed by atoms with E-state index in [1.54, 1.807) is 11.3 Å². The third-order valence-electron chi connectivity index (χ3n) is 5.20. The van der Waals surface area contributed by atoms with Gasteiger partial charge in [-0.25, -0.2) is 0 Å². The van der Waals surface area contributed by atoms with Crippen LogP contribution in [0.5, 0.6) is 0 Å². The highest BCUT2D eigenvalue weighted by Gasteiger charge is 2.40. The Balaban J connectivity index is 1.78. The summed E-state index contributed by atoms with van der Waals surface area (Å²) < 4.78 is 0. The van der Waals surface area contributed by atoms with Crippen LogP contribution in [0, 0.1) is 0 Å². The summed E-state index contributed by atoms with van der Waals surface area (Å²) >= 11 is 3.01. The number of nitrogens with zero attached hydrogens (tertiary/aromatic N) is 1. The standard InChI is InChI=1S/C22H18N2O2S2/c25-17-9-3-7-15-20(17)21(18-10-4-12-27-18)24(22(26)19-11-5-13-28-19)16-8-2-1-6-14(16)23-15/h1-2,4-6,8,10-13,21,23H,3,7,9H2/t21-/m0/s1. The quantitative estimate of drug-likeness (QED) is 0.600. The van der Waals surface area contributed by atoms with Gasteiger partial charge in [-0.3, -0.25) is 14.5 Å². The summed E-state index contributed by atoms with van der Waals surface area (Å²) in [7, 11) is 0. The van der Waals surface area contributed by atoms with E-state index in [9.17, 15) is 9.59 Å². The molecule has 2 aliphatic rings. The molecular formula is C22H18N2O2S2. The number of hydrogen-bond acceptors (Lipinski definition) is 5. The van der Waals surface area contributed by atoms with E-state index in [1.165, 1.54) is 11.3 Å². The van der Waals surface area contributed by atoms with Crippen LogP contribution in [0.2, 0.25) is 0 Å². The van der Waals surface area contributed by atoms with Gasteiger partial charge in [-0.15, -0.1) is 22.7 Å². The summed E-state index contributed by atoms with van der Waals surface area (Å²) in [4.78, 5) is 30.2. The van der Waals surface area contributed by atoms with Crippen LogP contribution in [0.3, 0.4) is 0 Å². The number of para-hydroxylation sites is 2. The first-order valence-electron chi connectivity index (χ1n) is 9.27. The Bertz CT molecular complexity index is 1070. The van der Waals surface area contributed by atoms with Gasteiger partial charge < -0.3 is 5.32 Å². The Kier molecular flexibility index (Phi) is 4.37. The van der Waals surface area contributed by atoms with Gasteiger partial charge in [0.05, 0.1) is 16.3 Å². The van der Waals surface area contributed by atoms with Gasteiger partial charge >= 0.3 is 0 Å². The molecule has 1 amide bonds. The SMILES string of the molecule is O=C1CCCC2=C1[C@H](c1cccs1)N(C(=O)c1cccs1)c1ccccc1N2. The number of anilines is 2. The molecule has 0 unspecified atom stereocenters. The van der Waals surface area contributed by atoms with E-state index in [4.69, 9.17) is 0 Å². The molecule has 3 aromatic rings. The molecule has 1 N–H and O–H groups in total. The highest BCUT2D eigenvalue weighted by molar-refractivity contribution is 7.12. The summed E-state index contributed by atoms with van der Waals surface area (Å²) in [5.74, 6) is 0.0544. The molecule has 1 aliphatic heterocycles. The minimum atomic E-state index is -0.409. The molecule has 140 valence electrons. The van der Waals surface area contributed by atoms with Crippen LogP contribution in [-0.4, -0.2) is 11.7 Å². The molecule has 5 rings (SSSR count). The van der Waals surface area contributed by atoms with Crippen molar-refractivity contribution in [2.24, 2.45) is 0 Å². The first-order valence-corrected chi connectivity index (χ1v) is 11.0. The molecule has 0 saturated heterocycles. The van der Waals surface area contributed by atoms with Crippen molar-refractivity contribution in [1.29, 1.82) is 0 Å². The van der Waals surface area contributed by atoms with Crippen molar-refractivity contribution in [3.05, 3.63) is 80.3 Å². The first kappa shape index (κ1) is 17.4. The molecule has 1 aromatic carbocycles. The molecule has 0 fully saturated rings. The van der Waals surface area contributed by atoms with Crippen molar-refractivity contribution < 1.29 is 9.59 Å². The molecule has 0 saturated carbocycles. The number of benzene rings is 1. The summed E-state index contributed by atoms with van der Waals surface area (Å²) in [6.07, 6.45) is 2.18. The van der Waals surface area contributed by atoms with E-state index in [-0.39, 0.29) is 11.7 Å². The number of rotatable bonds is 2. The van der Waals surface area contributed by atoms with Gasteiger partial charge in [-0.2, -0.15) is 0 Å². The molecule has 3 heterocycles. The van der Waals surface area contributed by atoms with Crippen molar-refractivity contribution in [2.45, 2.75) is 25.3 Å². The number of amides is 1. The van der Waals surface area contributed by atoms with E-state index >= 15 is 0 Å². The molecule has 0 radical (unpaired) electrons. The third-order valence-corrected chi connectivity index (χ3v) is 6.98. The molecule has 1 aliphatic carbocycles. The first-order chi connectivity index (χ1) is 13.7. The van der Waals surface area contributed by atoms with Crippen LogP contribution in [-0.2, 0) is 4.79 Å². The van der Waals surface area contributed by atoms with Crippen molar-refractivity contribution in [3.8, 4) is 0 Å². The number of Topliss-reactive ketones (excluding diaryl/α,β-unsaturated/α-hetero) is 1. The maximum Gasteiger partial charge on any atom is 0.269 e. The maximum absolute atomic E-state index is 13.6. The minimum absolute atomic E-state index is 0.0743. The summed E-state index contributed by atoms with van der Waals surface area (Å²) in [6, 6.07) is 15.1. The van der Waals surface area contributed by atoms with E-state index in [0.717, 1.165) is 40.4 Å². The lowest BCUT2D eigenvalue weighted by molar-refractivity contribution is -0.116. The average molecular weight is 407 g/mol. The van der Waals surface area contributed by atoms with Crippen LogP contribution < -0.4 is 10.2 Å². The zero-order valence-corrected chi connectivity index (χ0v) is 16.7. The van der Waals surface area contributed by atoms with E-state index in [2.05, 4.69) is 5.32 Å². The van der Waals surface area contributed by atoms with Crippen molar-refractivity contribution >= 4 is 45.7 Å². The van der Waals surface area contributed by atoms with Crippen LogP contribution in [0.1, 0.15) is 39.9 Å². The summed E-state index contributed by atoms with van der Waals surface area (Å²) in [5.41, 5.74) is 3.36. The number of nitrogens with one attached hydrogen (secondary N) is 1. The number of carbonyl (C=O) groups excluding carboxylic acids is 2. The van der Waals surface area contributed by atoms with Gasteiger partial charge in [0.2, 0.25) is 0 Å². The number of carbonyl (C=O) groups is 2. The fourth-order valence-electron chi connectivity index (χ4n) is 3.99. The molecule has 1 atom stereocenters. The summed E-state index contributed by atoms with van der Waals surface area (Å²) in [6.45, 7) is 0. The van der Waals surface area contributed by atoms with Crippen LogP contribution in [0.4, 0.5) is 11.4 Å². The van der Waals surface area contributed by atoms with Crippen LogP contribution >= 0.6 is 22.7 Å². The Morgan fingerprint density at radius 1 is 1.00 bits per heavy atom. The molecule has 4 nitrogen and oxygen atoms in total. The smallest absolute Gasteiger partial charge is 0.269 e. The normalized spacial score (nSPS) is 18.9. The van der Waals surface area contributed by atoms with Gasteiger partial charge in [-0.05, 0) is 47.9 Å². The topological polar surface area (TPSA) is 49.4 Å². The fourth-order valence-corrected chi connectivity index (χ4v) is 5.48. The number of hydrogen-bond donors (Lipinski definition) is 1. The molecule has 0 bridgehead atoms. The average Bonchev–Trinajstić information content (AvgIpc) is 3.39. The van der Waals surface area contributed by atoms with Gasteiger partial charge in [0, 0.05) is 22.6 Å². The van der Waals surface area contributed by atoms with Gasteiger partial charge in [-0.1, -0.05) is 24.3 Å². The molecule has 28 heavy (non-hydrogen) atoms. The molecule has 2 aromatic heterocycles. The summed E-state index contributed by atoms with van der Waals surface area (Å²) in [5, 5.41) is 7.40. The zero-order chi connectivity index (χ0) is 19.1. The lowest BCUT2D eigenvalue weighted by Gasteiger charge is -2.32. The Labute approximate surface area is 171 Å². The number of thiophene rings is 2. The third kappa shape index (κ3) is 2.80. The van der Waals surface area contributed by atoms with Crippen LogP contribution in [0.25, 0.3) is 0 Å². The number of ketones is 1. The van der Waals surface area contributed by atoms with Gasteiger partial charge in [0.1, 0.15) is 6.04 Å². The minimum Gasteiger partial charge on any atom is -0.357 e. The lowest BCUT2D eigenvalue weighted by Crippen LogP contribution is -2.37. The second-order valence-corrected chi connectivity index (χ2v) is 8.81. The largest absolute Gasteiger partial charge is 0.357 e. The zero-order valence-electron chi connectivity index (χ0n) is 15.1. The maximum atomic E-state index is 13.6. The highest BCUT2D eigenvalue weighted by Crippen LogP contribution is 2.46. The number of fused-ring (bicyclic) bond motifs is 1. The van der Waals surface area contributed by atoms with E-state index in [1.807, 2.05) is 64.2 Å². The second-order valence-electron chi connectivity index (χ2n) is 6.88. The highest BCUT2D eigenvalue weighted by atomic mass is 32.1. The fraction of sp³-hybridized carbons (Fsp3) is 0.182. The second kappa shape index (κ2) is 7.04.